The zero-order chi connectivity index (χ0) is 25.8. The van der Waals surface area contributed by atoms with Crippen LogP contribution in [0.3, 0.4) is 0 Å². The van der Waals surface area contributed by atoms with Gasteiger partial charge in [0.05, 0.1) is 16.8 Å². The second-order valence-corrected chi connectivity index (χ2v) is 9.32. The molecule has 0 spiro atoms. The Hall–Kier alpha value is -4.77. The number of aromatic amines is 1. The van der Waals surface area contributed by atoms with Crippen LogP contribution >= 0.6 is 11.8 Å². The number of H-pyrrole nitrogens is 1. The van der Waals surface area contributed by atoms with E-state index >= 15 is 0 Å². The molecule has 2 amide bonds. The number of carbonyl (C=O) groups excluding carboxylic acids is 2. The summed E-state index contributed by atoms with van der Waals surface area (Å²) in [5.41, 5.74) is 4.10. The molecule has 1 atom stereocenters. The Balaban J connectivity index is 1.27. The van der Waals surface area contributed by atoms with Crippen LogP contribution in [0.1, 0.15) is 12.0 Å². The largest absolute Gasteiger partial charge is 0.354 e. The second-order valence-electron chi connectivity index (χ2n) is 8.13. The van der Waals surface area contributed by atoms with E-state index in [1.165, 1.54) is 24.3 Å². The number of nitrogens with zero attached hydrogens (tertiary/aromatic N) is 3. The molecule has 0 bridgehead atoms. The van der Waals surface area contributed by atoms with Crippen molar-refractivity contribution in [2.75, 3.05) is 5.32 Å². The molecular weight excluding hydrogens is 492 g/mol. The molecule has 37 heavy (non-hydrogen) atoms. The first-order valence-electron chi connectivity index (χ1n) is 11.3. The summed E-state index contributed by atoms with van der Waals surface area (Å²) in [5.74, 6) is -0.729. The number of amides is 2. The lowest BCUT2D eigenvalue weighted by Crippen LogP contribution is -2.28. The van der Waals surface area contributed by atoms with Crippen LogP contribution < -0.4 is 10.6 Å². The van der Waals surface area contributed by atoms with Crippen molar-refractivity contribution in [2.24, 2.45) is 10.2 Å². The highest BCUT2D eigenvalue weighted by Crippen LogP contribution is 2.29. The minimum atomic E-state index is -0.667. The van der Waals surface area contributed by atoms with Crippen LogP contribution in [0.4, 0.5) is 11.4 Å². The lowest BCUT2D eigenvalue weighted by atomic mass is 10.1. The minimum absolute atomic E-state index is 0.0753. The third-order valence-corrected chi connectivity index (χ3v) is 6.73. The van der Waals surface area contributed by atoms with Crippen LogP contribution in [0, 0.1) is 10.1 Å². The number of anilines is 1. The SMILES string of the molecule is O=C(CC1S/C(=N/N=C/c2c(-c3ccccc3)[nH]c3ccccc23)NC1=O)Nc1ccc([N+](=O)[O-])cc1. The van der Waals surface area contributed by atoms with Crippen LogP contribution in [0.2, 0.25) is 0 Å². The lowest BCUT2D eigenvalue weighted by molar-refractivity contribution is -0.384. The predicted octanol–water partition coefficient (Wildman–Crippen LogP) is 4.69. The van der Waals surface area contributed by atoms with Gasteiger partial charge in [-0.1, -0.05) is 60.3 Å². The molecule has 1 fully saturated rings. The fourth-order valence-corrected chi connectivity index (χ4v) is 4.83. The topological polar surface area (TPSA) is 142 Å². The van der Waals surface area contributed by atoms with Crippen molar-refractivity contribution in [1.29, 1.82) is 0 Å². The van der Waals surface area contributed by atoms with E-state index in [1.807, 2.05) is 54.6 Å². The number of benzene rings is 3. The zero-order valence-corrected chi connectivity index (χ0v) is 20.1. The van der Waals surface area contributed by atoms with Gasteiger partial charge >= 0.3 is 0 Å². The van der Waals surface area contributed by atoms with Crippen LogP contribution in [0.25, 0.3) is 22.2 Å². The number of hydrogen-bond acceptors (Lipinski definition) is 7. The molecule has 184 valence electrons. The van der Waals surface area contributed by atoms with Crippen molar-refractivity contribution in [1.82, 2.24) is 10.3 Å². The van der Waals surface area contributed by atoms with Crippen molar-refractivity contribution in [3.05, 3.63) is 94.5 Å². The number of rotatable bonds is 7. The Morgan fingerprint density at radius 2 is 1.78 bits per heavy atom. The van der Waals surface area contributed by atoms with Gasteiger partial charge in [-0.25, -0.2) is 0 Å². The molecule has 1 unspecified atom stereocenters. The fourth-order valence-electron chi connectivity index (χ4n) is 3.90. The molecule has 11 heteroatoms. The van der Waals surface area contributed by atoms with Gasteiger partial charge in [0, 0.05) is 40.7 Å². The second kappa shape index (κ2) is 10.5. The van der Waals surface area contributed by atoms with Crippen molar-refractivity contribution in [2.45, 2.75) is 11.7 Å². The van der Waals surface area contributed by atoms with Crippen LogP contribution in [-0.4, -0.2) is 38.4 Å². The summed E-state index contributed by atoms with van der Waals surface area (Å²) >= 11 is 1.12. The van der Waals surface area contributed by atoms with Crippen LogP contribution in [0.5, 0.6) is 0 Å². The molecule has 1 aliphatic rings. The van der Waals surface area contributed by atoms with E-state index in [4.69, 9.17) is 0 Å². The number of thioether (sulfide) groups is 1. The molecule has 0 radical (unpaired) electrons. The number of hydrogen-bond donors (Lipinski definition) is 3. The highest BCUT2D eigenvalue weighted by Gasteiger charge is 2.32. The predicted molar refractivity (Wildman–Crippen MR) is 145 cm³/mol. The third-order valence-electron chi connectivity index (χ3n) is 5.65. The van der Waals surface area contributed by atoms with Crippen molar-refractivity contribution in [3.8, 4) is 11.3 Å². The summed E-state index contributed by atoms with van der Waals surface area (Å²) in [6, 6.07) is 23.3. The first kappa shape index (κ1) is 23.9. The molecule has 10 nitrogen and oxygen atoms in total. The first-order valence-corrected chi connectivity index (χ1v) is 12.1. The van der Waals surface area contributed by atoms with Gasteiger partial charge in [-0.2, -0.15) is 5.10 Å². The number of nitro benzene ring substituents is 1. The number of carbonyl (C=O) groups is 2. The maximum Gasteiger partial charge on any atom is 0.269 e. The van der Waals surface area contributed by atoms with Crippen molar-refractivity contribution < 1.29 is 14.5 Å². The van der Waals surface area contributed by atoms with Gasteiger partial charge in [0.2, 0.25) is 11.8 Å². The normalized spacial score (nSPS) is 16.4. The summed E-state index contributed by atoms with van der Waals surface area (Å²) in [4.78, 5) is 38.4. The number of fused-ring (bicyclic) bond motifs is 1. The molecule has 1 saturated heterocycles. The summed E-state index contributed by atoms with van der Waals surface area (Å²) in [5, 5.41) is 25.1. The standard InChI is InChI=1S/C26H20N6O4S/c33-23(28-17-10-12-18(13-11-17)32(35)36)14-22-25(34)30-26(37-22)31-27-15-20-19-8-4-5-9-21(19)29-24(20)16-6-2-1-3-7-16/h1-13,15,22,29H,14H2,(H,28,33)(H,30,31,34)/b27-15+. The monoisotopic (exact) mass is 512 g/mol. The molecule has 0 aliphatic carbocycles. The van der Waals surface area contributed by atoms with E-state index < -0.39 is 16.1 Å². The highest BCUT2D eigenvalue weighted by atomic mass is 32.2. The molecule has 3 N–H and O–H groups in total. The molecule has 1 aliphatic heterocycles. The molecule has 0 saturated carbocycles. The molecular formula is C26H20N6O4S. The Morgan fingerprint density at radius 1 is 1.05 bits per heavy atom. The van der Waals surface area contributed by atoms with E-state index in [1.54, 1.807) is 6.21 Å². The fraction of sp³-hybridized carbons (Fsp3) is 0.0769. The number of amidine groups is 1. The summed E-state index contributed by atoms with van der Waals surface area (Å²) in [6.07, 6.45) is 1.56. The molecule has 2 heterocycles. The minimum Gasteiger partial charge on any atom is -0.354 e. The van der Waals surface area contributed by atoms with E-state index in [-0.39, 0.29) is 18.0 Å². The van der Waals surface area contributed by atoms with E-state index in [2.05, 4.69) is 25.8 Å². The van der Waals surface area contributed by atoms with E-state index in [0.29, 0.717) is 10.9 Å². The maximum absolute atomic E-state index is 12.4. The van der Waals surface area contributed by atoms with Crippen LogP contribution in [-0.2, 0) is 9.59 Å². The Kier molecular flexibility index (Phi) is 6.77. The number of aromatic nitrogens is 1. The van der Waals surface area contributed by atoms with Gasteiger partial charge in [-0.15, -0.1) is 5.10 Å². The lowest BCUT2D eigenvalue weighted by Gasteiger charge is -2.07. The third kappa shape index (κ3) is 5.41. The van der Waals surface area contributed by atoms with Crippen molar-refractivity contribution in [3.63, 3.8) is 0 Å². The molecule has 5 rings (SSSR count). The quantitative estimate of drug-likeness (QED) is 0.187. The Morgan fingerprint density at radius 3 is 2.54 bits per heavy atom. The summed E-state index contributed by atoms with van der Waals surface area (Å²) in [7, 11) is 0. The number of nitro groups is 1. The molecule has 3 aromatic carbocycles. The smallest absolute Gasteiger partial charge is 0.269 e. The Labute approximate surface area is 215 Å². The van der Waals surface area contributed by atoms with Crippen LogP contribution in [0.15, 0.2) is 89.1 Å². The van der Waals surface area contributed by atoms with Gasteiger partial charge in [0.15, 0.2) is 5.17 Å². The van der Waals surface area contributed by atoms with Gasteiger partial charge in [-0.05, 0) is 23.8 Å². The first-order chi connectivity index (χ1) is 18.0. The Bertz CT molecular complexity index is 1550. The number of nitrogens with one attached hydrogen (secondary N) is 3. The number of para-hydroxylation sites is 1. The summed E-state index contributed by atoms with van der Waals surface area (Å²) in [6.45, 7) is 0. The summed E-state index contributed by atoms with van der Waals surface area (Å²) < 4.78 is 0. The van der Waals surface area contributed by atoms with E-state index in [0.717, 1.165) is 39.5 Å². The molecule has 1 aromatic heterocycles. The van der Waals surface area contributed by atoms with Crippen molar-refractivity contribution >= 4 is 57.2 Å². The molecule has 4 aromatic rings. The average Bonchev–Trinajstić information content (AvgIpc) is 3.44. The van der Waals surface area contributed by atoms with Gasteiger partial charge in [-0.3, -0.25) is 19.7 Å². The zero-order valence-electron chi connectivity index (χ0n) is 19.3. The van der Waals surface area contributed by atoms with Gasteiger partial charge in [0.1, 0.15) is 5.25 Å². The maximum atomic E-state index is 12.4. The van der Waals surface area contributed by atoms with Gasteiger partial charge in [0.25, 0.3) is 5.69 Å². The average molecular weight is 513 g/mol. The highest BCUT2D eigenvalue weighted by molar-refractivity contribution is 8.15. The number of non-ortho nitro benzene ring substituents is 1. The van der Waals surface area contributed by atoms with Gasteiger partial charge < -0.3 is 15.6 Å². The van der Waals surface area contributed by atoms with E-state index in [9.17, 15) is 19.7 Å².